The quantitative estimate of drug-likeness (QED) is 0.836. The van der Waals surface area contributed by atoms with Gasteiger partial charge < -0.3 is 15.5 Å². The molecule has 2 heterocycles. The fraction of sp³-hybridized carbons (Fsp3) is 0.467. The number of pyridine rings is 1. The summed E-state index contributed by atoms with van der Waals surface area (Å²) in [4.78, 5) is 41.8. The van der Waals surface area contributed by atoms with Gasteiger partial charge in [-0.25, -0.2) is 4.98 Å². The molecule has 3 amide bonds. The molecule has 0 radical (unpaired) electrons. The number of aryl methyl sites for hydroxylation is 1. The summed E-state index contributed by atoms with van der Waals surface area (Å²) >= 11 is 0. The van der Waals surface area contributed by atoms with Crippen LogP contribution in [0.15, 0.2) is 12.1 Å². The summed E-state index contributed by atoms with van der Waals surface area (Å²) in [6, 6.07) is 0.695. The van der Waals surface area contributed by atoms with Gasteiger partial charge in [0.05, 0.1) is 17.8 Å². The summed E-state index contributed by atoms with van der Waals surface area (Å²) in [6.07, 6.45) is -4.62. The van der Waals surface area contributed by atoms with Crippen molar-refractivity contribution in [3.8, 4) is 0 Å². The van der Waals surface area contributed by atoms with Gasteiger partial charge in [-0.1, -0.05) is 0 Å². The summed E-state index contributed by atoms with van der Waals surface area (Å²) in [7, 11) is 0. The van der Waals surface area contributed by atoms with Gasteiger partial charge in [0.15, 0.2) is 0 Å². The Bertz CT molecular complexity index is 720. The van der Waals surface area contributed by atoms with Gasteiger partial charge in [0.1, 0.15) is 11.7 Å². The van der Waals surface area contributed by atoms with E-state index >= 15 is 0 Å². The number of amides is 3. The number of carbonyl (C=O) groups excluding carboxylic acids is 3. The summed E-state index contributed by atoms with van der Waals surface area (Å²) < 4.78 is 38.1. The molecule has 0 aromatic carbocycles. The zero-order valence-electron chi connectivity index (χ0n) is 13.6. The van der Waals surface area contributed by atoms with E-state index in [1.165, 1.54) is 23.6 Å². The van der Waals surface area contributed by atoms with E-state index in [-0.39, 0.29) is 36.8 Å². The molecule has 25 heavy (non-hydrogen) atoms. The van der Waals surface area contributed by atoms with E-state index in [1.807, 2.05) is 0 Å². The Labute approximate surface area is 141 Å². The Morgan fingerprint density at radius 1 is 1.24 bits per heavy atom. The molecule has 2 N–H and O–H groups in total. The minimum absolute atomic E-state index is 0.0458. The van der Waals surface area contributed by atoms with Gasteiger partial charge in [0.25, 0.3) is 5.91 Å². The van der Waals surface area contributed by atoms with Crippen LogP contribution in [0.1, 0.15) is 28.7 Å². The van der Waals surface area contributed by atoms with Gasteiger partial charge in [-0.2, -0.15) is 13.2 Å². The van der Waals surface area contributed by atoms with Gasteiger partial charge in [0, 0.05) is 20.0 Å². The molecule has 2 rings (SSSR count). The zero-order chi connectivity index (χ0) is 18.9. The molecule has 1 aromatic heterocycles. The first-order chi connectivity index (χ1) is 11.5. The Hall–Kier alpha value is -2.65. The summed E-state index contributed by atoms with van der Waals surface area (Å²) in [5.41, 5.74) is 4.07. The van der Waals surface area contributed by atoms with Crippen LogP contribution in [0.4, 0.5) is 13.2 Å². The number of aromatic nitrogens is 1. The predicted octanol–water partition coefficient (Wildman–Crippen LogP) is 0.567. The van der Waals surface area contributed by atoms with Gasteiger partial charge >= 0.3 is 6.18 Å². The van der Waals surface area contributed by atoms with E-state index in [0.717, 1.165) is 6.07 Å². The molecule has 1 atom stereocenters. The Morgan fingerprint density at radius 2 is 1.88 bits per heavy atom. The van der Waals surface area contributed by atoms with Crippen LogP contribution in [0.2, 0.25) is 0 Å². The van der Waals surface area contributed by atoms with E-state index < -0.39 is 29.7 Å². The minimum Gasteiger partial charge on any atom is -0.368 e. The number of piperazine rings is 1. The molecule has 0 aliphatic carbocycles. The van der Waals surface area contributed by atoms with Crippen LogP contribution in [-0.2, 0) is 15.8 Å². The highest BCUT2D eigenvalue weighted by Crippen LogP contribution is 2.28. The highest BCUT2D eigenvalue weighted by atomic mass is 19.4. The third-order valence-electron chi connectivity index (χ3n) is 4.02. The van der Waals surface area contributed by atoms with Crippen molar-refractivity contribution in [2.75, 3.05) is 19.6 Å². The highest BCUT2D eigenvalue weighted by Gasteiger charge is 2.37. The van der Waals surface area contributed by atoms with E-state index in [1.54, 1.807) is 0 Å². The Kier molecular flexibility index (Phi) is 5.00. The summed E-state index contributed by atoms with van der Waals surface area (Å²) in [5.74, 6) is -1.70. The standard InChI is InChI=1S/C15H17F3N4O3/c1-8-10(3-4-12(20-8)15(16,17)18)14(25)22-6-5-21(9(2)23)7-11(22)13(19)24/h3-4,11H,5-7H2,1-2H3,(H2,19,24). The number of nitrogens with zero attached hydrogens (tertiary/aromatic N) is 3. The zero-order valence-corrected chi connectivity index (χ0v) is 13.6. The fourth-order valence-corrected chi connectivity index (χ4v) is 2.66. The topological polar surface area (TPSA) is 96.6 Å². The van der Waals surface area contributed by atoms with E-state index in [2.05, 4.69) is 4.98 Å². The fourth-order valence-electron chi connectivity index (χ4n) is 2.66. The molecule has 10 heteroatoms. The molecule has 1 unspecified atom stereocenters. The van der Waals surface area contributed by atoms with Gasteiger partial charge in [-0.3, -0.25) is 14.4 Å². The summed E-state index contributed by atoms with van der Waals surface area (Å²) in [6.45, 7) is 2.82. The minimum atomic E-state index is -4.62. The van der Waals surface area contributed by atoms with Crippen molar-refractivity contribution in [2.45, 2.75) is 26.1 Å². The van der Waals surface area contributed by atoms with Crippen molar-refractivity contribution in [2.24, 2.45) is 5.73 Å². The van der Waals surface area contributed by atoms with Crippen LogP contribution in [0.3, 0.4) is 0 Å². The molecular weight excluding hydrogens is 341 g/mol. The molecule has 1 saturated heterocycles. The monoisotopic (exact) mass is 358 g/mol. The molecular formula is C15H17F3N4O3. The maximum Gasteiger partial charge on any atom is 0.433 e. The Morgan fingerprint density at radius 3 is 2.36 bits per heavy atom. The van der Waals surface area contributed by atoms with Gasteiger partial charge in [-0.15, -0.1) is 0 Å². The molecule has 136 valence electrons. The van der Waals surface area contributed by atoms with Crippen molar-refractivity contribution in [3.05, 3.63) is 29.1 Å². The van der Waals surface area contributed by atoms with E-state index in [9.17, 15) is 27.6 Å². The van der Waals surface area contributed by atoms with Crippen LogP contribution < -0.4 is 5.73 Å². The van der Waals surface area contributed by atoms with Crippen LogP contribution in [0.5, 0.6) is 0 Å². The number of rotatable bonds is 2. The number of alkyl halides is 3. The lowest BCUT2D eigenvalue weighted by Crippen LogP contribution is -2.60. The third kappa shape index (κ3) is 3.89. The second kappa shape index (κ2) is 6.69. The van der Waals surface area contributed by atoms with Gasteiger partial charge in [0.2, 0.25) is 11.8 Å². The maximum atomic E-state index is 12.7. The largest absolute Gasteiger partial charge is 0.433 e. The number of nitrogens with two attached hydrogens (primary N) is 1. The molecule has 1 aliphatic rings. The van der Waals surface area contributed by atoms with Crippen molar-refractivity contribution in [1.29, 1.82) is 0 Å². The number of hydrogen-bond donors (Lipinski definition) is 1. The highest BCUT2D eigenvalue weighted by molar-refractivity contribution is 5.98. The molecule has 0 saturated carbocycles. The van der Waals surface area contributed by atoms with Crippen LogP contribution in [0, 0.1) is 6.92 Å². The summed E-state index contributed by atoms with van der Waals surface area (Å²) in [5, 5.41) is 0. The second-order valence-corrected chi connectivity index (χ2v) is 5.71. The SMILES string of the molecule is CC(=O)N1CCN(C(=O)c2ccc(C(F)(F)F)nc2C)C(C(N)=O)C1. The molecule has 1 aromatic rings. The predicted molar refractivity (Wildman–Crippen MR) is 80.2 cm³/mol. The van der Waals surface area contributed by atoms with Crippen LogP contribution in [-0.4, -0.2) is 58.2 Å². The van der Waals surface area contributed by atoms with Gasteiger partial charge in [-0.05, 0) is 19.1 Å². The van der Waals surface area contributed by atoms with Crippen molar-refractivity contribution in [1.82, 2.24) is 14.8 Å². The third-order valence-corrected chi connectivity index (χ3v) is 4.02. The number of halogens is 3. The number of carbonyl (C=O) groups is 3. The Balaban J connectivity index is 2.30. The molecule has 1 fully saturated rings. The van der Waals surface area contributed by atoms with Crippen molar-refractivity contribution >= 4 is 17.7 Å². The normalized spacial score (nSPS) is 18.2. The van der Waals surface area contributed by atoms with Crippen LogP contribution in [0.25, 0.3) is 0 Å². The van der Waals surface area contributed by atoms with E-state index in [0.29, 0.717) is 6.07 Å². The average Bonchev–Trinajstić information content (AvgIpc) is 2.52. The lowest BCUT2D eigenvalue weighted by atomic mass is 10.1. The molecule has 0 bridgehead atoms. The lowest BCUT2D eigenvalue weighted by Gasteiger charge is -2.39. The van der Waals surface area contributed by atoms with Crippen molar-refractivity contribution in [3.63, 3.8) is 0 Å². The molecule has 1 aliphatic heterocycles. The first kappa shape index (κ1) is 18.7. The number of primary amides is 1. The lowest BCUT2D eigenvalue weighted by molar-refractivity contribution is -0.141. The smallest absolute Gasteiger partial charge is 0.368 e. The van der Waals surface area contributed by atoms with Crippen molar-refractivity contribution < 1.29 is 27.6 Å². The molecule has 7 nitrogen and oxygen atoms in total. The second-order valence-electron chi connectivity index (χ2n) is 5.71. The average molecular weight is 358 g/mol. The first-order valence-corrected chi connectivity index (χ1v) is 7.43. The van der Waals surface area contributed by atoms with E-state index in [4.69, 9.17) is 5.73 Å². The molecule has 0 spiro atoms. The maximum absolute atomic E-state index is 12.7. The number of hydrogen-bond acceptors (Lipinski definition) is 4. The van der Waals surface area contributed by atoms with Crippen LogP contribution >= 0.6 is 0 Å². The first-order valence-electron chi connectivity index (χ1n) is 7.43.